The molecular weight excluding hydrogens is 298 g/mol. The van der Waals surface area contributed by atoms with E-state index in [9.17, 15) is 4.79 Å². The molecule has 0 saturated heterocycles. The lowest BCUT2D eigenvalue weighted by molar-refractivity contribution is 0.0969. The lowest BCUT2D eigenvalue weighted by Gasteiger charge is -2.07. The Kier molecular flexibility index (Phi) is 4.07. The van der Waals surface area contributed by atoms with Crippen molar-refractivity contribution in [3.8, 4) is 0 Å². The first-order valence-corrected chi connectivity index (χ1v) is 7.20. The average Bonchev–Trinajstić information content (AvgIpc) is 2.81. The molecule has 0 radical (unpaired) electrons. The first-order chi connectivity index (χ1) is 8.20. The number of hydrogen-bond acceptors (Lipinski definition) is 2. The zero-order valence-corrected chi connectivity index (χ0v) is 11.8. The molecule has 0 bridgehead atoms. The smallest absolute Gasteiger partial charge is 0.183 e. The number of aromatic nitrogens is 1. The Labute approximate surface area is 113 Å². The molecule has 1 aromatic carbocycles. The van der Waals surface area contributed by atoms with Gasteiger partial charge in [0, 0.05) is 27.3 Å². The van der Waals surface area contributed by atoms with Gasteiger partial charge < -0.3 is 4.57 Å². The number of thioether (sulfide) groups is 1. The average molecular weight is 310 g/mol. The first-order valence-electron chi connectivity index (χ1n) is 5.18. The van der Waals surface area contributed by atoms with Crippen LogP contribution in [0.25, 0.3) is 0 Å². The maximum atomic E-state index is 12.2. The molecule has 0 N–H and O–H groups in total. The molecule has 0 aliphatic carbocycles. The number of benzene rings is 1. The van der Waals surface area contributed by atoms with Crippen LogP contribution in [0.5, 0.6) is 0 Å². The summed E-state index contributed by atoms with van der Waals surface area (Å²) in [5, 5.41) is 0. The number of carbonyl (C=O) groups excluding carboxylic acids is 1. The quantitative estimate of drug-likeness (QED) is 0.632. The Hall–Kier alpha value is -1.00. The van der Waals surface area contributed by atoms with E-state index < -0.39 is 0 Å². The fraction of sp³-hybridized carbons (Fsp3) is 0.154. The second-order valence-corrected chi connectivity index (χ2v) is 5.39. The number of carbonyl (C=O) groups is 1. The summed E-state index contributed by atoms with van der Waals surface area (Å²) >= 11 is 5.00. The Balaban J connectivity index is 2.26. The van der Waals surface area contributed by atoms with Gasteiger partial charge in [0.2, 0.25) is 0 Å². The molecule has 0 spiro atoms. The van der Waals surface area contributed by atoms with Gasteiger partial charge in [-0.05, 0) is 36.6 Å². The summed E-state index contributed by atoms with van der Waals surface area (Å²) in [6.07, 6.45) is 5.78. The highest BCUT2D eigenvalue weighted by atomic mass is 79.9. The molecule has 4 heteroatoms. The molecule has 2 aromatic rings. The van der Waals surface area contributed by atoms with Crippen LogP contribution in [0, 0.1) is 0 Å². The van der Waals surface area contributed by atoms with Crippen LogP contribution >= 0.6 is 27.7 Å². The zero-order chi connectivity index (χ0) is 12.3. The Morgan fingerprint density at radius 3 is 2.71 bits per heavy atom. The van der Waals surface area contributed by atoms with Crippen LogP contribution in [0.4, 0.5) is 0 Å². The van der Waals surface area contributed by atoms with E-state index >= 15 is 0 Å². The third kappa shape index (κ3) is 3.01. The van der Waals surface area contributed by atoms with Gasteiger partial charge in [-0.2, -0.15) is 0 Å². The summed E-state index contributed by atoms with van der Waals surface area (Å²) in [4.78, 5) is 13.2. The minimum atomic E-state index is 0.131. The molecule has 0 saturated carbocycles. The van der Waals surface area contributed by atoms with Crippen molar-refractivity contribution in [3.63, 3.8) is 0 Å². The number of hydrogen-bond donors (Lipinski definition) is 0. The molecule has 2 rings (SSSR count). The third-order valence-corrected chi connectivity index (χ3v) is 3.74. The van der Waals surface area contributed by atoms with Crippen molar-refractivity contribution < 1.29 is 4.79 Å². The van der Waals surface area contributed by atoms with Gasteiger partial charge in [-0.1, -0.05) is 15.9 Å². The van der Waals surface area contributed by atoms with Crippen LogP contribution in [-0.4, -0.2) is 16.6 Å². The molecule has 1 heterocycles. The second kappa shape index (κ2) is 5.56. The number of rotatable bonds is 4. The number of ketones is 1. The molecule has 0 unspecified atom stereocenters. The molecule has 17 heavy (non-hydrogen) atoms. The molecule has 88 valence electrons. The highest BCUT2D eigenvalue weighted by Crippen LogP contribution is 2.24. The number of Topliss-reactive ketones (excluding diaryl/α,β-unsaturated/α-hetero) is 1. The van der Waals surface area contributed by atoms with Gasteiger partial charge in [0.05, 0.1) is 6.54 Å². The van der Waals surface area contributed by atoms with Gasteiger partial charge in [0.25, 0.3) is 0 Å². The van der Waals surface area contributed by atoms with E-state index in [1.54, 1.807) is 11.8 Å². The Bertz CT molecular complexity index is 522. The van der Waals surface area contributed by atoms with E-state index in [2.05, 4.69) is 15.9 Å². The van der Waals surface area contributed by atoms with E-state index in [0.29, 0.717) is 6.54 Å². The molecule has 1 aromatic heterocycles. The third-order valence-electron chi connectivity index (χ3n) is 2.45. The van der Waals surface area contributed by atoms with Crippen molar-refractivity contribution in [1.29, 1.82) is 0 Å². The largest absolute Gasteiger partial charge is 0.347 e. The van der Waals surface area contributed by atoms with Crippen LogP contribution in [0.3, 0.4) is 0 Å². The van der Waals surface area contributed by atoms with Crippen molar-refractivity contribution in [2.45, 2.75) is 11.4 Å². The van der Waals surface area contributed by atoms with E-state index in [0.717, 1.165) is 14.9 Å². The SMILES string of the molecule is CSc1ccc(Br)cc1C(=O)Cn1cccc1. The minimum Gasteiger partial charge on any atom is -0.347 e. The van der Waals surface area contributed by atoms with Crippen LogP contribution in [-0.2, 0) is 6.54 Å². The molecule has 0 aliphatic heterocycles. The van der Waals surface area contributed by atoms with Crippen molar-refractivity contribution in [3.05, 3.63) is 52.8 Å². The Morgan fingerprint density at radius 2 is 2.06 bits per heavy atom. The van der Waals surface area contributed by atoms with Gasteiger partial charge in [-0.3, -0.25) is 4.79 Å². The van der Waals surface area contributed by atoms with Gasteiger partial charge in [-0.15, -0.1) is 11.8 Å². The molecular formula is C13H12BrNOS. The van der Waals surface area contributed by atoms with Crippen molar-refractivity contribution >= 4 is 33.5 Å². The monoisotopic (exact) mass is 309 g/mol. The highest BCUT2D eigenvalue weighted by molar-refractivity contribution is 9.10. The fourth-order valence-corrected chi connectivity index (χ4v) is 2.58. The summed E-state index contributed by atoms with van der Waals surface area (Å²) in [5.41, 5.74) is 0.778. The summed E-state index contributed by atoms with van der Waals surface area (Å²) in [5.74, 6) is 0.131. The van der Waals surface area contributed by atoms with E-state index in [4.69, 9.17) is 0 Å². The van der Waals surface area contributed by atoms with Crippen LogP contribution in [0.15, 0.2) is 52.1 Å². The fourth-order valence-electron chi connectivity index (χ4n) is 1.62. The highest BCUT2D eigenvalue weighted by Gasteiger charge is 2.11. The number of halogens is 1. The van der Waals surface area contributed by atoms with Crippen LogP contribution in [0.2, 0.25) is 0 Å². The maximum Gasteiger partial charge on any atom is 0.183 e. The summed E-state index contributed by atoms with van der Waals surface area (Å²) < 4.78 is 2.82. The second-order valence-electron chi connectivity index (χ2n) is 3.62. The molecule has 0 aliphatic rings. The lowest BCUT2D eigenvalue weighted by Crippen LogP contribution is -2.09. The minimum absolute atomic E-state index is 0.131. The molecule has 2 nitrogen and oxygen atoms in total. The van der Waals surface area contributed by atoms with Gasteiger partial charge in [0.1, 0.15) is 0 Å². The molecule has 0 amide bonds. The normalized spacial score (nSPS) is 10.5. The molecule has 0 fully saturated rings. The van der Waals surface area contributed by atoms with Crippen LogP contribution < -0.4 is 0 Å². The van der Waals surface area contributed by atoms with Gasteiger partial charge in [0.15, 0.2) is 5.78 Å². The lowest BCUT2D eigenvalue weighted by atomic mass is 10.1. The van der Waals surface area contributed by atoms with Crippen molar-refractivity contribution in [2.75, 3.05) is 6.26 Å². The van der Waals surface area contributed by atoms with E-state index in [1.807, 2.05) is 53.5 Å². The Morgan fingerprint density at radius 1 is 1.35 bits per heavy atom. The topological polar surface area (TPSA) is 22.0 Å². The van der Waals surface area contributed by atoms with E-state index in [1.165, 1.54) is 0 Å². The zero-order valence-electron chi connectivity index (χ0n) is 9.39. The number of nitrogens with zero attached hydrogens (tertiary/aromatic N) is 1. The summed E-state index contributed by atoms with van der Waals surface area (Å²) in [7, 11) is 0. The molecule has 0 atom stereocenters. The standard InChI is InChI=1S/C13H12BrNOS/c1-17-13-5-4-10(14)8-11(13)12(16)9-15-6-2-3-7-15/h2-8H,9H2,1H3. The van der Waals surface area contributed by atoms with Gasteiger partial charge in [-0.25, -0.2) is 0 Å². The first kappa shape index (κ1) is 12.5. The predicted molar refractivity (Wildman–Crippen MR) is 74.7 cm³/mol. The predicted octanol–water partition coefficient (Wildman–Crippen LogP) is 3.86. The summed E-state index contributed by atoms with van der Waals surface area (Å²) in [6.45, 7) is 0.386. The van der Waals surface area contributed by atoms with E-state index in [-0.39, 0.29) is 5.78 Å². The summed E-state index contributed by atoms with van der Waals surface area (Å²) in [6, 6.07) is 9.65. The van der Waals surface area contributed by atoms with Gasteiger partial charge >= 0.3 is 0 Å². The van der Waals surface area contributed by atoms with Crippen LogP contribution in [0.1, 0.15) is 10.4 Å². The maximum absolute atomic E-state index is 12.2. The van der Waals surface area contributed by atoms with Crippen molar-refractivity contribution in [2.24, 2.45) is 0 Å². The van der Waals surface area contributed by atoms with Crippen molar-refractivity contribution in [1.82, 2.24) is 4.57 Å².